The predicted molar refractivity (Wildman–Crippen MR) is 96.4 cm³/mol. The maximum atomic E-state index is 12.0. The highest BCUT2D eigenvalue weighted by molar-refractivity contribution is 5.95. The zero-order valence-corrected chi connectivity index (χ0v) is 14.3. The van der Waals surface area contributed by atoms with Gasteiger partial charge in [0.1, 0.15) is 0 Å². The number of nitrogens with one attached hydrogen (secondary N) is 3. The molecule has 1 aliphatic carbocycles. The van der Waals surface area contributed by atoms with Crippen LogP contribution in [-0.2, 0) is 4.79 Å². The minimum absolute atomic E-state index is 0.219. The van der Waals surface area contributed by atoms with Crippen molar-refractivity contribution in [2.45, 2.75) is 37.6 Å². The maximum absolute atomic E-state index is 12.0. The number of likely N-dealkylation sites (tertiary alicyclic amines) is 1. The van der Waals surface area contributed by atoms with E-state index in [9.17, 15) is 9.59 Å². The van der Waals surface area contributed by atoms with Gasteiger partial charge < -0.3 is 10.3 Å². The number of imide groups is 1. The number of H-pyrrole nitrogens is 1. The molecule has 3 N–H and O–H groups in total. The largest absolute Gasteiger partial charge is 0.361 e. The van der Waals surface area contributed by atoms with Crippen LogP contribution in [0.15, 0.2) is 30.5 Å². The molecule has 2 heterocycles. The summed E-state index contributed by atoms with van der Waals surface area (Å²) in [6.07, 6.45) is 6.22. The normalized spacial score (nSPS) is 19.0. The first-order chi connectivity index (χ1) is 12.2. The lowest BCUT2D eigenvalue weighted by molar-refractivity contribution is -0.121. The van der Waals surface area contributed by atoms with Gasteiger partial charge in [0.2, 0.25) is 5.91 Å². The molecule has 0 radical (unpaired) electrons. The van der Waals surface area contributed by atoms with E-state index in [0.29, 0.717) is 12.5 Å². The second-order valence-electron chi connectivity index (χ2n) is 7.14. The Balaban J connectivity index is 1.28. The van der Waals surface area contributed by atoms with Gasteiger partial charge in [0.25, 0.3) is 0 Å². The van der Waals surface area contributed by atoms with Crippen molar-refractivity contribution in [2.75, 3.05) is 19.6 Å². The number of carbonyl (C=O) groups is 2. The molecule has 4 rings (SSSR count). The summed E-state index contributed by atoms with van der Waals surface area (Å²) in [6.45, 7) is 2.04. The van der Waals surface area contributed by atoms with Crippen LogP contribution >= 0.6 is 0 Å². The number of urea groups is 1. The van der Waals surface area contributed by atoms with Gasteiger partial charge in [-0.1, -0.05) is 18.2 Å². The van der Waals surface area contributed by atoms with Crippen LogP contribution in [0.25, 0.3) is 10.9 Å². The number of benzene rings is 1. The highest BCUT2D eigenvalue weighted by Gasteiger charge is 2.26. The van der Waals surface area contributed by atoms with Gasteiger partial charge in [0, 0.05) is 23.1 Å². The Labute approximate surface area is 147 Å². The van der Waals surface area contributed by atoms with Gasteiger partial charge in [0.15, 0.2) is 0 Å². The van der Waals surface area contributed by atoms with Gasteiger partial charge in [-0.05, 0) is 56.3 Å². The van der Waals surface area contributed by atoms with Crippen molar-refractivity contribution < 1.29 is 9.59 Å². The van der Waals surface area contributed by atoms with Crippen molar-refractivity contribution in [2.24, 2.45) is 0 Å². The predicted octanol–water partition coefficient (Wildman–Crippen LogP) is 2.34. The fourth-order valence-corrected chi connectivity index (χ4v) is 3.65. The average molecular weight is 340 g/mol. The second-order valence-corrected chi connectivity index (χ2v) is 7.14. The molecule has 3 amide bonds. The van der Waals surface area contributed by atoms with Crippen molar-refractivity contribution in [3.63, 3.8) is 0 Å². The number of aromatic nitrogens is 1. The zero-order valence-electron chi connectivity index (χ0n) is 14.3. The van der Waals surface area contributed by atoms with Gasteiger partial charge in [-0.3, -0.25) is 15.0 Å². The molecule has 6 heteroatoms. The van der Waals surface area contributed by atoms with Crippen molar-refractivity contribution in [3.8, 4) is 0 Å². The van der Waals surface area contributed by atoms with E-state index >= 15 is 0 Å². The summed E-state index contributed by atoms with van der Waals surface area (Å²) < 4.78 is 0. The van der Waals surface area contributed by atoms with Crippen LogP contribution in [0.5, 0.6) is 0 Å². The molecular formula is C19H24N4O2. The van der Waals surface area contributed by atoms with Crippen LogP contribution in [0.2, 0.25) is 0 Å². The Bertz CT molecular complexity index is 773. The summed E-state index contributed by atoms with van der Waals surface area (Å²) >= 11 is 0. The van der Waals surface area contributed by atoms with Gasteiger partial charge in [-0.25, -0.2) is 4.79 Å². The number of amides is 3. The van der Waals surface area contributed by atoms with Crippen LogP contribution in [0.4, 0.5) is 4.79 Å². The number of nitrogens with zero attached hydrogens (tertiary/aromatic N) is 1. The number of carbonyl (C=O) groups excluding carboxylic acids is 2. The fraction of sp³-hybridized carbons (Fsp3) is 0.474. The number of hydrogen-bond donors (Lipinski definition) is 3. The van der Waals surface area contributed by atoms with Crippen molar-refractivity contribution in [1.82, 2.24) is 20.5 Å². The van der Waals surface area contributed by atoms with E-state index in [1.54, 1.807) is 0 Å². The number of hydrogen-bond acceptors (Lipinski definition) is 3. The van der Waals surface area contributed by atoms with Crippen LogP contribution in [0.3, 0.4) is 0 Å². The Kier molecular flexibility index (Phi) is 4.44. The molecule has 0 bridgehead atoms. The molecule has 0 unspecified atom stereocenters. The fourth-order valence-electron chi connectivity index (χ4n) is 3.65. The van der Waals surface area contributed by atoms with E-state index in [4.69, 9.17) is 0 Å². The van der Waals surface area contributed by atoms with Crippen molar-refractivity contribution >= 4 is 22.8 Å². The highest BCUT2D eigenvalue weighted by atomic mass is 16.2. The van der Waals surface area contributed by atoms with E-state index in [-0.39, 0.29) is 18.0 Å². The smallest absolute Gasteiger partial charge is 0.321 e. The van der Waals surface area contributed by atoms with Crippen molar-refractivity contribution in [1.29, 1.82) is 0 Å². The van der Waals surface area contributed by atoms with Gasteiger partial charge in [-0.15, -0.1) is 0 Å². The van der Waals surface area contributed by atoms with Crippen LogP contribution < -0.4 is 10.6 Å². The number of rotatable bonds is 4. The summed E-state index contributed by atoms with van der Waals surface area (Å²) in [6, 6.07) is 8.29. The molecule has 1 aliphatic heterocycles. The van der Waals surface area contributed by atoms with Gasteiger partial charge in [-0.2, -0.15) is 0 Å². The third-order valence-corrected chi connectivity index (χ3v) is 5.18. The number of para-hydroxylation sites is 1. The van der Waals surface area contributed by atoms with E-state index in [2.05, 4.69) is 44.9 Å². The quantitative estimate of drug-likeness (QED) is 0.799. The van der Waals surface area contributed by atoms with E-state index < -0.39 is 0 Å². The topological polar surface area (TPSA) is 77.2 Å². The standard InChI is InChI=1S/C19H24N4O2/c24-18(22-19(25)21-14-5-6-14)12-23-9-7-13(8-10-23)16-11-20-17-4-2-1-3-15(16)17/h1-4,11,13-14,20H,5-10,12H2,(H2,21,22,24,25). The third-order valence-electron chi connectivity index (χ3n) is 5.18. The number of aromatic amines is 1. The van der Waals surface area contributed by atoms with Crippen LogP contribution in [0, 0.1) is 0 Å². The minimum atomic E-state index is -0.360. The maximum Gasteiger partial charge on any atom is 0.321 e. The first kappa shape index (κ1) is 16.1. The summed E-state index contributed by atoms with van der Waals surface area (Å²) in [5, 5.41) is 6.50. The summed E-state index contributed by atoms with van der Waals surface area (Å²) in [5.41, 5.74) is 2.56. The molecule has 1 saturated carbocycles. The highest BCUT2D eigenvalue weighted by Crippen LogP contribution is 2.32. The molecule has 25 heavy (non-hydrogen) atoms. The monoisotopic (exact) mass is 340 g/mol. The molecule has 1 aromatic carbocycles. The molecule has 0 atom stereocenters. The zero-order chi connectivity index (χ0) is 17.2. The Morgan fingerprint density at radius 3 is 2.64 bits per heavy atom. The van der Waals surface area contributed by atoms with E-state index in [0.717, 1.165) is 38.8 Å². The van der Waals surface area contributed by atoms with Crippen molar-refractivity contribution in [3.05, 3.63) is 36.0 Å². The first-order valence-electron chi connectivity index (χ1n) is 9.08. The minimum Gasteiger partial charge on any atom is -0.361 e. The van der Waals surface area contributed by atoms with Crippen LogP contribution in [0.1, 0.15) is 37.2 Å². The van der Waals surface area contributed by atoms with Crippen LogP contribution in [-0.4, -0.2) is 47.5 Å². The van der Waals surface area contributed by atoms with Gasteiger partial charge >= 0.3 is 6.03 Å². The third kappa shape index (κ3) is 3.85. The first-order valence-corrected chi connectivity index (χ1v) is 9.08. The lowest BCUT2D eigenvalue weighted by atomic mass is 9.89. The molecule has 0 spiro atoms. The summed E-state index contributed by atoms with van der Waals surface area (Å²) in [7, 11) is 0. The lowest BCUT2D eigenvalue weighted by Gasteiger charge is -2.31. The lowest BCUT2D eigenvalue weighted by Crippen LogP contribution is -2.46. The molecule has 1 aromatic heterocycles. The van der Waals surface area contributed by atoms with E-state index in [1.165, 1.54) is 16.5 Å². The number of piperidine rings is 1. The number of fused-ring (bicyclic) bond motifs is 1. The second kappa shape index (κ2) is 6.88. The molecule has 6 nitrogen and oxygen atoms in total. The van der Waals surface area contributed by atoms with Gasteiger partial charge in [0.05, 0.1) is 6.54 Å². The average Bonchev–Trinajstić information content (AvgIpc) is 3.31. The summed E-state index contributed by atoms with van der Waals surface area (Å²) in [4.78, 5) is 29.1. The molecular weight excluding hydrogens is 316 g/mol. The molecule has 132 valence electrons. The van der Waals surface area contributed by atoms with E-state index in [1.807, 2.05) is 6.07 Å². The Hall–Kier alpha value is -2.34. The molecule has 1 saturated heterocycles. The Morgan fingerprint density at radius 2 is 1.88 bits per heavy atom. The Morgan fingerprint density at radius 1 is 1.12 bits per heavy atom. The molecule has 2 aromatic rings. The molecule has 2 fully saturated rings. The summed E-state index contributed by atoms with van der Waals surface area (Å²) in [5.74, 6) is 0.303. The molecule has 2 aliphatic rings. The SMILES string of the molecule is O=C(CN1CCC(c2c[nH]c3ccccc23)CC1)NC(=O)NC1CC1.